The highest BCUT2D eigenvalue weighted by atomic mass is 35.5. The summed E-state index contributed by atoms with van der Waals surface area (Å²) in [5.41, 5.74) is 0. The molecule has 0 aromatic heterocycles. The van der Waals surface area contributed by atoms with Crippen LogP contribution in [0.3, 0.4) is 0 Å². The van der Waals surface area contributed by atoms with E-state index in [4.69, 9.17) is 5.11 Å². The van der Waals surface area contributed by atoms with E-state index < -0.39 is 21.7 Å². The highest BCUT2D eigenvalue weighted by molar-refractivity contribution is 7.91. The summed E-state index contributed by atoms with van der Waals surface area (Å²) >= 11 is 0. The van der Waals surface area contributed by atoms with Crippen LogP contribution in [0.2, 0.25) is 0 Å². The maximum atomic E-state index is 11.1. The highest BCUT2D eigenvalue weighted by Gasteiger charge is 2.27. The van der Waals surface area contributed by atoms with Gasteiger partial charge in [0.2, 0.25) is 0 Å². The average molecular weight is 230 g/mol. The van der Waals surface area contributed by atoms with Crippen molar-refractivity contribution < 1.29 is 18.3 Å². The van der Waals surface area contributed by atoms with Crippen molar-refractivity contribution in [3.05, 3.63) is 0 Å². The molecule has 0 aliphatic carbocycles. The van der Waals surface area contributed by atoms with Crippen LogP contribution in [0, 0.1) is 5.92 Å². The minimum Gasteiger partial charge on any atom is -0.481 e. The Labute approximate surface area is 82.8 Å². The predicted octanol–water partition coefficient (Wildman–Crippen LogP) is -0.873. The van der Waals surface area contributed by atoms with Gasteiger partial charge in [0.05, 0.1) is 17.4 Å². The quantitative estimate of drug-likeness (QED) is 0.611. The summed E-state index contributed by atoms with van der Waals surface area (Å²) in [7, 11) is -3.16. The van der Waals surface area contributed by atoms with E-state index in [0.717, 1.165) is 0 Å². The van der Waals surface area contributed by atoms with Gasteiger partial charge in [-0.1, -0.05) is 0 Å². The summed E-state index contributed by atoms with van der Waals surface area (Å²) in [6.07, 6.45) is 0. The molecule has 1 aliphatic rings. The molecule has 1 rings (SSSR count). The van der Waals surface area contributed by atoms with Crippen molar-refractivity contribution >= 4 is 28.2 Å². The molecule has 0 bridgehead atoms. The van der Waals surface area contributed by atoms with Gasteiger partial charge in [-0.3, -0.25) is 4.79 Å². The number of nitrogens with one attached hydrogen (secondary N) is 1. The minimum absolute atomic E-state index is 0. The minimum atomic E-state index is -3.16. The van der Waals surface area contributed by atoms with E-state index in [1.165, 1.54) is 0 Å². The zero-order valence-electron chi connectivity index (χ0n) is 6.89. The van der Waals surface area contributed by atoms with E-state index in [1.54, 1.807) is 0 Å². The Kier molecular flexibility index (Phi) is 4.66. The Bertz CT molecular complexity index is 276. The standard InChI is InChI=1S/C6H11NO4S.ClH/c8-6(9)5-3-7-1-2-12(10,11)4-5;/h5,7H,1-4H2,(H,8,9);1H. The second-order valence-electron chi connectivity index (χ2n) is 2.85. The van der Waals surface area contributed by atoms with E-state index in [1.807, 2.05) is 0 Å². The van der Waals surface area contributed by atoms with Crippen LogP contribution in [-0.4, -0.2) is 44.1 Å². The van der Waals surface area contributed by atoms with Crippen LogP contribution in [0.4, 0.5) is 0 Å². The molecule has 5 nitrogen and oxygen atoms in total. The van der Waals surface area contributed by atoms with Crippen molar-refractivity contribution in [2.45, 2.75) is 0 Å². The van der Waals surface area contributed by atoms with Gasteiger partial charge in [-0.05, 0) is 0 Å². The molecule has 0 spiro atoms. The highest BCUT2D eigenvalue weighted by Crippen LogP contribution is 2.05. The molecule has 1 atom stereocenters. The molecule has 78 valence electrons. The molecule has 1 saturated heterocycles. The summed E-state index contributed by atoms with van der Waals surface area (Å²) < 4.78 is 22.2. The van der Waals surface area contributed by atoms with Crippen molar-refractivity contribution in [2.24, 2.45) is 5.92 Å². The third-order valence-electron chi connectivity index (χ3n) is 1.78. The summed E-state index contributed by atoms with van der Waals surface area (Å²) in [6.45, 7) is 0.598. The number of carbonyl (C=O) groups is 1. The fourth-order valence-electron chi connectivity index (χ4n) is 1.11. The van der Waals surface area contributed by atoms with Gasteiger partial charge in [-0.25, -0.2) is 8.42 Å². The number of sulfone groups is 1. The Balaban J connectivity index is 0.00000144. The molecule has 0 saturated carbocycles. The Morgan fingerprint density at radius 3 is 2.62 bits per heavy atom. The van der Waals surface area contributed by atoms with E-state index in [2.05, 4.69) is 5.32 Å². The summed E-state index contributed by atoms with van der Waals surface area (Å²) in [5, 5.41) is 11.4. The van der Waals surface area contributed by atoms with Crippen molar-refractivity contribution in [1.82, 2.24) is 5.32 Å². The molecule has 7 heteroatoms. The summed E-state index contributed by atoms with van der Waals surface area (Å²) in [5.74, 6) is -2.04. The van der Waals surface area contributed by atoms with Crippen LogP contribution in [0.15, 0.2) is 0 Å². The smallest absolute Gasteiger partial charge is 0.308 e. The predicted molar refractivity (Wildman–Crippen MR) is 49.9 cm³/mol. The van der Waals surface area contributed by atoms with Crippen LogP contribution in [0.25, 0.3) is 0 Å². The third-order valence-corrected chi connectivity index (χ3v) is 3.52. The number of carboxylic acid groups (broad SMARTS) is 1. The normalized spacial score (nSPS) is 26.9. The molecule has 0 aromatic carbocycles. The van der Waals surface area contributed by atoms with E-state index >= 15 is 0 Å². The lowest BCUT2D eigenvalue weighted by Gasteiger charge is -2.06. The second-order valence-corrected chi connectivity index (χ2v) is 5.08. The zero-order chi connectivity index (χ0) is 9.19. The molecule has 0 amide bonds. The van der Waals surface area contributed by atoms with Crippen LogP contribution in [0.1, 0.15) is 0 Å². The molecule has 1 unspecified atom stereocenters. The maximum absolute atomic E-state index is 11.1. The molecule has 2 N–H and O–H groups in total. The van der Waals surface area contributed by atoms with Crippen LogP contribution >= 0.6 is 12.4 Å². The first kappa shape index (κ1) is 12.7. The average Bonchev–Trinajstić information content (AvgIpc) is 2.10. The maximum Gasteiger partial charge on any atom is 0.308 e. The van der Waals surface area contributed by atoms with Gasteiger partial charge < -0.3 is 10.4 Å². The molecule has 0 radical (unpaired) electrons. The van der Waals surface area contributed by atoms with Crippen molar-refractivity contribution in [1.29, 1.82) is 0 Å². The largest absolute Gasteiger partial charge is 0.481 e. The first-order chi connectivity index (χ1) is 5.51. The molecule has 0 aromatic rings. The second kappa shape index (κ2) is 4.78. The van der Waals surface area contributed by atoms with E-state index in [0.29, 0.717) is 6.54 Å². The van der Waals surface area contributed by atoms with Gasteiger partial charge in [0.1, 0.15) is 0 Å². The van der Waals surface area contributed by atoms with Crippen LogP contribution < -0.4 is 5.32 Å². The lowest BCUT2D eigenvalue weighted by atomic mass is 10.2. The Hall–Kier alpha value is -0.330. The monoisotopic (exact) mass is 229 g/mol. The molecule has 13 heavy (non-hydrogen) atoms. The molecular formula is C6H12ClNO4S. The molecule has 1 heterocycles. The van der Waals surface area contributed by atoms with Crippen molar-refractivity contribution in [3.8, 4) is 0 Å². The zero-order valence-corrected chi connectivity index (χ0v) is 8.53. The molecule has 1 aliphatic heterocycles. The summed E-state index contributed by atoms with van der Waals surface area (Å²) in [6, 6.07) is 0. The van der Waals surface area contributed by atoms with Gasteiger partial charge in [0.15, 0.2) is 9.84 Å². The fraction of sp³-hybridized carbons (Fsp3) is 0.833. The first-order valence-electron chi connectivity index (χ1n) is 3.65. The van der Waals surface area contributed by atoms with Crippen molar-refractivity contribution in [3.63, 3.8) is 0 Å². The number of rotatable bonds is 1. The van der Waals surface area contributed by atoms with Gasteiger partial charge in [-0.15, -0.1) is 12.4 Å². The van der Waals surface area contributed by atoms with Crippen LogP contribution in [0.5, 0.6) is 0 Å². The van der Waals surface area contributed by atoms with E-state index in [-0.39, 0.29) is 30.5 Å². The Morgan fingerprint density at radius 1 is 1.46 bits per heavy atom. The number of hydrogen-bond acceptors (Lipinski definition) is 4. The van der Waals surface area contributed by atoms with Gasteiger partial charge >= 0.3 is 5.97 Å². The molecule has 1 fully saturated rings. The van der Waals surface area contributed by atoms with Gasteiger partial charge in [-0.2, -0.15) is 0 Å². The lowest BCUT2D eigenvalue weighted by molar-refractivity contribution is -0.140. The Morgan fingerprint density at radius 2 is 2.08 bits per heavy atom. The molecular weight excluding hydrogens is 218 g/mol. The third kappa shape index (κ3) is 3.93. The first-order valence-corrected chi connectivity index (χ1v) is 5.47. The lowest BCUT2D eigenvalue weighted by Crippen LogP contribution is -2.29. The topological polar surface area (TPSA) is 83.5 Å². The van der Waals surface area contributed by atoms with Crippen LogP contribution in [-0.2, 0) is 14.6 Å². The fourth-order valence-corrected chi connectivity index (χ4v) is 2.61. The SMILES string of the molecule is Cl.O=C(O)C1CNCCS(=O)(=O)C1. The number of carboxylic acids is 1. The van der Waals surface area contributed by atoms with E-state index in [9.17, 15) is 13.2 Å². The summed E-state index contributed by atoms with van der Waals surface area (Å²) in [4.78, 5) is 10.5. The number of hydrogen-bond donors (Lipinski definition) is 2. The number of aliphatic carboxylic acids is 1. The van der Waals surface area contributed by atoms with Gasteiger partial charge in [0, 0.05) is 13.1 Å². The van der Waals surface area contributed by atoms with Crippen molar-refractivity contribution in [2.75, 3.05) is 24.6 Å². The number of halogens is 1. The van der Waals surface area contributed by atoms with Gasteiger partial charge in [0.25, 0.3) is 0 Å².